The summed E-state index contributed by atoms with van der Waals surface area (Å²) in [5.74, 6) is -0.903. The number of likely N-dealkylation sites (tertiary alicyclic amines) is 2. The van der Waals surface area contributed by atoms with Crippen molar-refractivity contribution in [2.45, 2.75) is 57.5 Å². The second-order valence-corrected chi connectivity index (χ2v) is 6.10. The lowest BCUT2D eigenvalue weighted by atomic mass is 9.96. The van der Waals surface area contributed by atoms with Crippen molar-refractivity contribution in [3.05, 3.63) is 0 Å². The fraction of sp³-hybridized carbons (Fsp3) is 0.857. The molecular formula is C14H24N2O3. The molecule has 0 aliphatic carbocycles. The molecule has 1 N–H and O–H groups in total. The molecule has 1 unspecified atom stereocenters. The summed E-state index contributed by atoms with van der Waals surface area (Å²) in [5, 5.41) is 9.20. The first-order chi connectivity index (χ1) is 8.94. The molecule has 0 bridgehead atoms. The van der Waals surface area contributed by atoms with Gasteiger partial charge in [-0.15, -0.1) is 0 Å². The standard InChI is InChI=1S/C14H24N2O3/c1-14(2,15-8-4-3-5-9-15)13(19)16-10-6-7-11(16)12(17)18/h11H,3-10H2,1-2H3,(H,17,18). The van der Waals surface area contributed by atoms with Gasteiger partial charge in [-0.25, -0.2) is 4.79 Å². The predicted octanol–water partition coefficient (Wildman–Crippen LogP) is 1.33. The lowest BCUT2D eigenvalue weighted by Gasteiger charge is -2.42. The van der Waals surface area contributed by atoms with Crippen molar-refractivity contribution in [1.82, 2.24) is 9.80 Å². The zero-order valence-corrected chi connectivity index (χ0v) is 11.9. The molecule has 2 fully saturated rings. The van der Waals surface area contributed by atoms with E-state index in [-0.39, 0.29) is 5.91 Å². The van der Waals surface area contributed by atoms with E-state index in [1.807, 2.05) is 13.8 Å². The van der Waals surface area contributed by atoms with Crippen molar-refractivity contribution >= 4 is 11.9 Å². The maximum atomic E-state index is 12.7. The molecule has 108 valence electrons. The SMILES string of the molecule is CC(C)(C(=O)N1CCCC1C(=O)O)N1CCCCC1. The van der Waals surface area contributed by atoms with Crippen molar-refractivity contribution in [1.29, 1.82) is 0 Å². The minimum absolute atomic E-state index is 0.0284. The number of hydrogen-bond donors (Lipinski definition) is 1. The van der Waals surface area contributed by atoms with Gasteiger partial charge in [-0.1, -0.05) is 6.42 Å². The fourth-order valence-corrected chi connectivity index (χ4v) is 3.21. The number of rotatable bonds is 3. The first kappa shape index (κ1) is 14.3. The van der Waals surface area contributed by atoms with Gasteiger partial charge in [0.25, 0.3) is 0 Å². The summed E-state index contributed by atoms with van der Waals surface area (Å²) in [6, 6.07) is -0.628. The molecule has 1 atom stereocenters. The average Bonchev–Trinajstić information content (AvgIpc) is 2.88. The Morgan fingerprint density at radius 3 is 2.26 bits per heavy atom. The molecule has 1 amide bonds. The largest absolute Gasteiger partial charge is 0.480 e. The molecule has 2 aliphatic rings. The maximum absolute atomic E-state index is 12.7. The lowest BCUT2D eigenvalue weighted by Crippen LogP contribution is -2.59. The quantitative estimate of drug-likeness (QED) is 0.839. The van der Waals surface area contributed by atoms with E-state index >= 15 is 0 Å². The van der Waals surface area contributed by atoms with E-state index in [2.05, 4.69) is 4.90 Å². The lowest BCUT2D eigenvalue weighted by molar-refractivity contribution is -0.153. The highest BCUT2D eigenvalue weighted by Crippen LogP contribution is 2.27. The van der Waals surface area contributed by atoms with Gasteiger partial charge in [-0.2, -0.15) is 0 Å². The molecule has 5 nitrogen and oxygen atoms in total. The van der Waals surface area contributed by atoms with Crippen LogP contribution in [0.1, 0.15) is 46.0 Å². The zero-order chi connectivity index (χ0) is 14.0. The first-order valence-corrected chi connectivity index (χ1v) is 7.23. The van der Waals surface area contributed by atoms with Crippen LogP contribution in [0.25, 0.3) is 0 Å². The van der Waals surface area contributed by atoms with Crippen molar-refractivity contribution in [3.8, 4) is 0 Å². The molecule has 2 heterocycles. The molecule has 19 heavy (non-hydrogen) atoms. The number of amides is 1. The van der Waals surface area contributed by atoms with Crippen molar-refractivity contribution in [2.24, 2.45) is 0 Å². The highest BCUT2D eigenvalue weighted by Gasteiger charge is 2.43. The van der Waals surface area contributed by atoms with E-state index in [9.17, 15) is 14.7 Å². The van der Waals surface area contributed by atoms with Crippen LogP contribution in [0.15, 0.2) is 0 Å². The number of carbonyl (C=O) groups is 2. The number of hydrogen-bond acceptors (Lipinski definition) is 3. The Balaban J connectivity index is 2.10. The van der Waals surface area contributed by atoms with Crippen LogP contribution in [-0.2, 0) is 9.59 Å². The number of piperidine rings is 1. The molecule has 5 heteroatoms. The predicted molar refractivity (Wildman–Crippen MR) is 71.9 cm³/mol. The van der Waals surface area contributed by atoms with Gasteiger partial charge in [0, 0.05) is 6.54 Å². The summed E-state index contributed by atoms with van der Waals surface area (Å²) in [6.45, 7) is 6.30. The Labute approximate surface area is 114 Å². The molecule has 0 aromatic heterocycles. The van der Waals surface area contributed by atoms with E-state index in [4.69, 9.17) is 0 Å². The van der Waals surface area contributed by atoms with Crippen LogP contribution in [0.2, 0.25) is 0 Å². The molecule has 0 saturated carbocycles. The van der Waals surface area contributed by atoms with Gasteiger partial charge >= 0.3 is 5.97 Å². The fourth-order valence-electron chi connectivity index (χ4n) is 3.21. The minimum atomic E-state index is -0.875. The van der Waals surface area contributed by atoms with Crippen LogP contribution >= 0.6 is 0 Å². The molecule has 2 aliphatic heterocycles. The average molecular weight is 268 g/mol. The van der Waals surface area contributed by atoms with Gasteiger partial charge < -0.3 is 10.0 Å². The van der Waals surface area contributed by atoms with Crippen molar-refractivity contribution in [3.63, 3.8) is 0 Å². The molecule has 0 spiro atoms. The topological polar surface area (TPSA) is 60.9 Å². The van der Waals surface area contributed by atoms with Crippen LogP contribution in [0.5, 0.6) is 0 Å². The second kappa shape index (κ2) is 5.49. The summed E-state index contributed by atoms with van der Waals surface area (Å²) in [7, 11) is 0. The maximum Gasteiger partial charge on any atom is 0.326 e. The third-order valence-electron chi connectivity index (χ3n) is 4.47. The van der Waals surface area contributed by atoms with Crippen LogP contribution < -0.4 is 0 Å². The first-order valence-electron chi connectivity index (χ1n) is 7.23. The summed E-state index contributed by atoms with van der Waals surface area (Å²) in [5.41, 5.74) is -0.585. The molecular weight excluding hydrogens is 244 g/mol. The molecule has 2 rings (SSSR count). The van der Waals surface area contributed by atoms with Crippen LogP contribution in [-0.4, -0.2) is 58.0 Å². The van der Waals surface area contributed by atoms with Crippen molar-refractivity contribution < 1.29 is 14.7 Å². The van der Waals surface area contributed by atoms with Gasteiger partial charge in [-0.3, -0.25) is 9.69 Å². The number of nitrogens with zero attached hydrogens (tertiary/aromatic N) is 2. The third kappa shape index (κ3) is 2.76. The smallest absolute Gasteiger partial charge is 0.326 e. The van der Waals surface area contributed by atoms with Crippen molar-refractivity contribution in [2.75, 3.05) is 19.6 Å². The van der Waals surface area contributed by atoms with E-state index < -0.39 is 17.6 Å². The van der Waals surface area contributed by atoms with E-state index in [1.54, 1.807) is 4.90 Å². The number of carboxylic acid groups (broad SMARTS) is 1. The summed E-state index contributed by atoms with van der Waals surface area (Å²) in [4.78, 5) is 27.7. The molecule has 2 saturated heterocycles. The minimum Gasteiger partial charge on any atom is -0.480 e. The summed E-state index contributed by atoms with van der Waals surface area (Å²) >= 11 is 0. The number of carboxylic acids is 1. The Bertz CT molecular complexity index is 362. The van der Waals surface area contributed by atoms with E-state index in [0.717, 1.165) is 32.4 Å². The third-order valence-corrected chi connectivity index (χ3v) is 4.47. The van der Waals surface area contributed by atoms with Gasteiger partial charge in [0.1, 0.15) is 6.04 Å². The zero-order valence-electron chi connectivity index (χ0n) is 11.9. The Morgan fingerprint density at radius 1 is 1.05 bits per heavy atom. The highest BCUT2D eigenvalue weighted by molar-refractivity contribution is 5.90. The van der Waals surface area contributed by atoms with Gasteiger partial charge in [-0.05, 0) is 52.6 Å². The van der Waals surface area contributed by atoms with E-state index in [1.165, 1.54) is 6.42 Å². The van der Waals surface area contributed by atoms with Crippen LogP contribution in [0.4, 0.5) is 0 Å². The second-order valence-electron chi connectivity index (χ2n) is 6.10. The molecule has 0 aromatic rings. The van der Waals surface area contributed by atoms with Crippen LogP contribution in [0.3, 0.4) is 0 Å². The molecule has 0 radical (unpaired) electrons. The van der Waals surface area contributed by atoms with Gasteiger partial charge in [0.05, 0.1) is 5.54 Å². The Hall–Kier alpha value is -1.10. The Kier molecular flexibility index (Phi) is 4.13. The summed E-state index contributed by atoms with van der Waals surface area (Å²) in [6.07, 6.45) is 4.84. The number of carbonyl (C=O) groups excluding carboxylic acids is 1. The monoisotopic (exact) mass is 268 g/mol. The van der Waals surface area contributed by atoms with Gasteiger partial charge in [0.2, 0.25) is 5.91 Å². The molecule has 0 aromatic carbocycles. The number of aliphatic carboxylic acids is 1. The van der Waals surface area contributed by atoms with E-state index in [0.29, 0.717) is 13.0 Å². The van der Waals surface area contributed by atoms with Gasteiger partial charge in [0.15, 0.2) is 0 Å². The highest BCUT2D eigenvalue weighted by atomic mass is 16.4. The normalized spacial score (nSPS) is 25.6. The summed E-state index contributed by atoms with van der Waals surface area (Å²) < 4.78 is 0. The van der Waals surface area contributed by atoms with Crippen LogP contribution in [0, 0.1) is 0 Å². The Morgan fingerprint density at radius 2 is 1.68 bits per heavy atom.